The summed E-state index contributed by atoms with van der Waals surface area (Å²) in [6.45, 7) is 2.22. The van der Waals surface area contributed by atoms with Crippen molar-refractivity contribution in [1.82, 2.24) is 9.97 Å². The van der Waals surface area contributed by atoms with E-state index < -0.39 is 5.82 Å². The predicted molar refractivity (Wildman–Crippen MR) is 89.2 cm³/mol. The number of unbranched alkanes of at least 4 members (excludes halogenated alkanes) is 5. The highest BCUT2D eigenvalue weighted by Crippen LogP contribution is 2.18. The third-order valence-corrected chi connectivity index (χ3v) is 3.87. The van der Waals surface area contributed by atoms with Crippen LogP contribution in [0, 0.1) is 17.1 Å². The highest BCUT2D eigenvalue weighted by atomic mass is 19.1. The Morgan fingerprint density at radius 1 is 1.04 bits per heavy atom. The lowest BCUT2D eigenvalue weighted by atomic mass is 10.1. The second-order valence-corrected chi connectivity index (χ2v) is 5.74. The molecule has 0 fully saturated rings. The summed E-state index contributed by atoms with van der Waals surface area (Å²) >= 11 is 0. The molecule has 0 bridgehead atoms. The maximum Gasteiger partial charge on any atom is 0.159 e. The van der Waals surface area contributed by atoms with Gasteiger partial charge in [0.25, 0.3) is 0 Å². The topological polar surface area (TPSA) is 49.6 Å². The molecule has 0 saturated heterocycles. The minimum absolute atomic E-state index is 0.0356. The first kappa shape index (κ1) is 17.1. The van der Waals surface area contributed by atoms with E-state index in [0.29, 0.717) is 11.4 Å². The monoisotopic (exact) mass is 311 g/mol. The molecule has 2 rings (SSSR count). The fourth-order valence-electron chi connectivity index (χ4n) is 2.49. The molecule has 0 spiro atoms. The number of nitrogens with zero attached hydrogens (tertiary/aromatic N) is 3. The van der Waals surface area contributed by atoms with Gasteiger partial charge in [0.2, 0.25) is 0 Å². The van der Waals surface area contributed by atoms with Crippen molar-refractivity contribution in [2.75, 3.05) is 0 Å². The number of rotatable bonds is 8. The van der Waals surface area contributed by atoms with Crippen LogP contribution >= 0.6 is 0 Å². The van der Waals surface area contributed by atoms with E-state index in [1.807, 2.05) is 18.5 Å². The normalized spacial score (nSPS) is 10.5. The molecule has 2 aromatic rings. The van der Waals surface area contributed by atoms with Crippen molar-refractivity contribution < 1.29 is 4.39 Å². The van der Waals surface area contributed by atoms with Gasteiger partial charge in [-0.25, -0.2) is 14.4 Å². The van der Waals surface area contributed by atoms with Gasteiger partial charge in [0.15, 0.2) is 5.82 Å². The first-order valence-electron chi connectivity index (χ1n) is 8.25. The zero-order valence-corrected chi connectivity index (χ0v) is 13.6. The van der Waals surface area contributed by atoms with Crippen LogP contribution in [0.2, 0.25) is 0 Å². The third-order valence-electron chi connectivity index (χ3n) is 3.87. The van der Waals surface area contributed by atoms with Crippen LogP contribution in [0.4, 0.5) is 4.39 Å². The Balaban J connectivity index is 1.89. The molecule has 0 aliphatic rings. The maximum absolute atomic E-state index is 13.6. The van der Waals surface area contributed by atoms with Gasteiger partial charge >= 0.3 is 0 Å². The van der Waals surface area contributed by atoms with Gasteiger partial charge in [0, 0.05) is 18.0 Å². The van der Waals surface area contributed by atoms with E-state index in [1.165, 1.54) is 44.2 Å². The number of nitriles is 1. The molecule has 3 nitrogen and oxygen atoms in total. The van der Waals surface area contributed by atoms with E-state index in [0.717, 1.165) is 18.4 Å². The summed E-state index contributed by atoms with van der Waals surface area (Å²) < 4.78 is 13.6. The number of hydrogen-bond acceptors (Lipinski definition) is 3. The zero-order valence-electron chi connectivity index (χ0n) is 13.6. The summed E-state index contributed by atoms with van der Waals surface area (Å²) in [6.07, 6.45) is 12.2. The Morgan fingerprint density at radius 3 is 2.39 bits per heavy atom. The Labute approximate surface area is 137 Å². The van der Waals surface area contributed by atoms with Crippen LogP contribution in [0.15, 0.2) is 30.6 Å². The van der Waals surface area contributed by atoms with Gasteiger partial charge in [0.05, 0.1) is 5.56 Å². The molecule has 0 radical (unpaired) electrons. The van der Waals surface area contributed by atoms with Crippen LogP contribution < -0.4 is 0 Å². The molecule has 0 aliphatic carbocycles. The molecule has 0 amide bonds. The summed E-state index contributed by atoms with van der Waals surface area (Å²) in [7, 11) is 0. The smallest absolute Gasteiger partial charge is 0.159 e. The molecular weight excluding hydrogens is 289 g/mol. The average molecular weight is 311 g/mol. The number of aryl methyl sites for hydroxylation is 1. The third kappa shape index (κ3) is 5.14. The van der Waals surface area contributed by atoms with Gasteiger partial charge in [-0.15, -0.1) is 0 Å². The molecule has 0 unspecified atom stereocenters. The minimum atomic E-state index is -0.537. The van der Waals surface area contributed by atoms with Crippen molar-refractivity contribution in [2.45, 2.75) is 51.9 Å². The largest absolute Gasteiger partial charge is 0.236 e. The van der Waals surface area contributed by atoms with Gasteiger partial charge in [-0.05, 0) is 36.6 Å². The van der Waals surface area contributed by atoms with Gasteiger partial charge in [0.1, 0.15) is 11.9 Å². The maximum atomic E-state index is 13.6. The number of aromatic nitrogens is 2. The summed E-state index contributed by atoms with van der Waals surface area (Å²) in [5, 5.41) is 8.75. The lowest BCUT2D eigenvalue weighted by Gasteiger charge is -2.04. The van der Waals surface area contributed by atoms with E-state index >= 15 is 0 Å². The van der Waals surface area contributed by atoms with Crippen LogP contribution in [0.5, 0.6) is 0 Å². The lowest BCUT2D eigenvalue weighted by Crippen LogP contribution is -1.94. The molecule has 0 atom stereocenters. The summed E-state index contributed by atoms with van der Waals surface area (Å²) in [6, 6.07) is 6.24. The Bertz CT molecular complexity index is 659. The fraction of sp³-hybridized carbons (Fsp3) is 0.421. The van der Waals surface area contributed by atoms with Crippen molar-refractivity contribution in [3.05, 3.63) is 47.5 Å². The second kappa shape index (κ2) is 8.99. The Hall–Kier alpha value is -2.28. The van der Waals surface area contributed by atoms with E-state index in [1.54, 1.807) is 6.07 Å². The Kier molecular flexibility index (Phi) is 6.68. The molecule has 1 aromatic heterocycles. The van der Waals surface area contributed by atoms with Crippen molar-refractivity contribution in [1.29, 1.82) is 5.26 Å². The van der Waals surface area contributed by atoms with Crippen LogP contribution in [0.25, 0.3) is 11.4 Å². The highest BCUT2D eigenvalue weighted by Gasteiger charge is 2.06. The molecule has 0 N–H and O–H groups in total. The number of halogens is 1. The highest BCUT2D eigenvalue weighted by molar-refractivity contribution is 5.56. The molecule has 4 heteroatoms. The van der Waals surface area contributed by atoms with Crippen molar-refractivity contribution in [3.8, 4) is 17.5 Å². The summed E-state index contributed by atoms with van der Waals surface area (Å²) in [4.78, 5) is 8.63. The van der Waals surface area contributed by atoms with E-state index in [9.17, 15) is 4.39 Å². The number of benzene rings is 1. The number of hydrogen-bond donors (Lipinski definition) is 0. The first-order chi connectivity index (χ1) is 11.2. The molecule has 1 heterocycles. The predicted octanol–water partition coefficient (Wildman–Crippen LogP) is 5.06. The first-order valence-corrected chi connectivity index (χ1v) is 8.25. The lowest BCUT2D eigenvalue weighted by molar-refractivity contribution is 0.607. The SMILES string of the molecule is CCCCCCCCc1cnc(-c2ccc(C#N)c(F)c2)nc1. The minimum Gasteiger partial charge on any atom is -0.236 e. The van der Waals surface area contributed by atoms with Crippen LogP contribution in [0.3, 0.4) is 0 Å². The van der Waals surface area contributed by atoms with E-state index in [-0.39, 0.29) is 5.56 Å². The van der Waals surface area contributed by atoms with Gasteiger partial charge in [-0.3, -0.25) is 0 Å². The standard InChI is InChI=1S/C19H22FN3/c1-2-3-4-5-6-7-8-15-13-22-19(23-14-15)16-9-10-17(12-21)18(20)11-16/h9-11,13-14H,2-8H2,1H3. The fourth-order valence-corrected chi connectivity index (χ4v) is 2.49. The average Bonchev–Trinajstić information content (AvgIpc) is 2.58. The quantitative estimate of drug-likeness (QED) is 0.640. The molecule has 1 aromatic carbocycles. The molecular formula is C19H22FN3. The second-order valence-electron chi connectivity index (χ2n) is 5.74. The molecule has 120 valence electrons. The van der Waals surface area contributed by atoms with Gasteiger partial charge < -0.3 is 0 Å². The molecule has 0 aliphatic heterocycles. The Morgan fingerprint density at radius 2 is 1.74 bits per heavy atom. The van der Waals surface area contributed by atoms with Crippen molar-refractivity contribution in [3.63, 3.8) is 0 Å². The zero-order chi connectivity index (χ0) is 16.5. The molecule has 0 saturated carbocycles. The summed E-state index contributed by atoms with van der Waals surface area (Å²) in [5.41, 5.74) is 1.74. The van der Waals surface area contributed by atoms with Crippen LogP contribution in [-0.4, -0.2) is 9.97 Å². The van der Waals surface area contributed by atoms with Crippen molar-refractivity contribution in [2.24, 2.45) is 0 Å². The summed E-state index contributed by atoms with van der Waals surface area (Å²) in [5.74, 6) is -0.0511. The van der Waals surface area contributed by atoms with E-state index in [2.05, 4.69) is 16.9 Å². The van der Waals surface area contributed by atoms with Crippen molar-refractivity contribution >= 4 is 0 Å². The van der Waals surface area contributed by atoms with Gasteiger partial charge in [-0.1, -0.05) is 39.0 Å². The van der Waals surface area contributed by atoms with Crippen LogP contribution in [0.1, 0.15) is 56.6 Å². The van der Waals surface area contributed by atoms with E-state index in [4.69, 9.17) is 5.26 Å². The van der Waals surface area contributed by atoms with Gasteiger partial charge in [-0.2, -0.15) is 5.26 Å². The molecule has 23 heavy (non-hydrogen) atoms. The van der Waals surface area contributed by atoms with Crippen LogP contribution in [-0.2, 0) is 6.42 Å².